The highest BCUT2D eigenvalue weighted by atomic mass is 19.1. The topological polar surface area (TPSA) is 69.6 Å². The van der Waals surface area contributed by atoms with Gasteiger partial charge in [-0.25, -0.2) is 14.1 Å². The van der Waals surface area contributed by atoms with E-state index in [9.17, 15) is 4.39 Å². The zero-order chi connectivity index (χ0) is 12.5. The number of halogens is 1. The van der Waals surface area contributed by atoms with E-state index >= 15 is 0 Å². The van der Waals surface area contributed by atoms with Gasteiger partial charge in [-0.15, -0.1) is 0 Å². The first kappa shape index (κ1) is 10.8. The number of pyridine rings is 1. The number of benzene rings is 1. The van der Waals surface area contributed by atoms with Crippen LogP contribution in [0.2, 0.25) is 0 Å². The van der Waals surface area contributed by atoms with Crippen LogP contribution in [0.4, 0.5) is 4.39 Å². The average molecular weight is 243 g/mol. The SMILES string of the molecule is NCc1ncnn1-c1cc(F)c2cccnc2c1. The maximum atomic E-state index is 13.9. The van der Waals surface area contributed by atoms with Crippen molar-refractivity contribution in [3.05, 3.63) is 48.4 Å². The molecular weight excluding hydrogens is 233 g/mol. The molecule has 0 aliphatic carbocycles. The van der Waals surface area contributed by atoms with Gasteiger partial charge in [-0.1, -0.05) is 0 Å². The van der Waals surface area contributed by atoms with Crippen molar-refractivity contribution < 1.29 is 4.39 Å². The highest BCUT2D eigenvalue weighted by Gasteiger charge is 2.09. The van der Waals surface area contributed by atoms with Crippen LogP contribution >= 0.6 is 0 Å². The lowest BCUT2D eigenvalue weighted by Crippen LogP contribution is -2.08. The van der Waals surface area contributed by atoms with E-state index in [1.54, 1.807) is 24.4 Å². The second-order valence-corrected chi connectivity index (χ2v) is 3.79. The Labute approximate surface area is 102 Å². The first-order valence-corrected chi connectivity index (χ1v) is 5.43. The molecule has 0 aliphatic rings. The van der Waals surface area contributed by atoms with Crippen LogP contribution in [-0.2, 0) is 6.54 Å². The summed E-state index contributed by atoms with van der Waals surface area (Å²) in [5.74, 6) is 0.235. The van der Waals surface area contributed by atoms with Gasteiger partial charge in [0.2, 0.25) is 0 Å². The van der Waals surface area contributed by atoms with Crippen molar-refractivity contribution in [1.82, 2.24) is 19.7 Å². The Morgan fingerprint density at radius 2 is 2.17 bits per heavy atom. The Bertz CT molecular complexity index is 707. The predicted molar refractivity (Wildman–Crippen MR) is 64.5 cm³/mol. The molecule has 5 nitrogen and oxygen atoms in total. The highest BCUT2D eigenvalue weighted by Crippen LogP contribution is 2.20. The number of aromatic nitrogens is 4. The van der Waals surface area contributed by atoms with Crippen molar-refractivity contribution in [2.45, 2.75) is 6.54 Å². The van der Waals surface area contributed by atoms with Crippen molar-refractivity contribution in [1.29, 1.82) is 0 Å². The Morgan fingerprint density at radius 1 is 1.28 bits per heavy atom. The summed E-state index contributed by atoms with van der Waals surface area (Å²) in [5, 5.41) is 4.52. The Hall–Kier alpha value is -2.34. The van der Waals surface area contributed by atoms with E-state index in [1.165, 1.54) is 17.1 Å². The maximum Gasteiger partial charge on any atom is 0.145 e. The van der Waals surface area contributed by atoms with E-state index in [1.807, 2.05) is 0 Å². The molecule has 0 bridgehead atoms. The minimum absolute atomic E-state index is 0.238. The van der Waals surface area contributed by atoms with Crippen LogP contribution in [0.15, 0.2) is 36.8 Å². The molecule has 0 amide bonds. The highest BCUT2D eigenvalue weighted by molar-refractivity contribution is 5.81. The van der Waals surface area contributed by atoms with Gasteiger partial charge in [0.25, 0.3) is 0 Å². The summed E-state index contributed by atoms with van der Waals surface area (Å²) >= 11 is 0. The standard InChI is InChI=1S/C12H10FN5/c13-10-4-8(18-12(6-14)16-7-17-18)5-11-9(10)2-1-3-15-11/h1-5,7H,6,14H2. The third-order valence-electron chi connectivity index (χ3n) is 2.70. The third-order valence-corrected chi connectivity index (χ3v) is 2.70. The second-order valence-electron chi connectivity index (χ2n) is 3.79. The fraction of sp³-hybridized carbons (Fsp3) is 0.0833. The number of fused-ring (bicyclic) bond motifs is 1. The molecule has 18 heavy (non-hydrogen) atoms. The molecule has 90 valence electrons. The van der Waals surface area contributed by atoms with Crippen LogP contribution in [0.5, 0.6) is 0 Å². The summed E-state index contributed by atoms with van der Waals surface area (Å²) < 4.78 is 15.5. The van der Waals surface area contributed by atoms with E-state index in [0.717, 1.165) is 0 Å². The minimum Gasteiger partial charge on any atom is -0.324 e. The monoisotopic (exact) mass is 243 g/mol. The molecule has 0 aliphatic heterocycles. The van der Waals surface area contributed by atoms with Crippen molar-refractivity contribution in [3.8, 4) is 5.69 Å². The molecule has 0 radical (unpaired) electrons. The zero-order valence-corrected chi connectivity index (χ0v) is 9.42. The van der Waals surface area contributed by atoms with E-state index in [2.05, 4.69) is 15.1 Å². The van der Waals surface area contributed by atoms with Gasteiger partial charge in [0.05, 0.1) is 17.7 Å². The maximum absolute atomic E-state index is 13.9. The molecule has 1 aromatic carbocycles. The fourth-order valence-corrected chi connectivity index (χ4v) is 1.87. The lowest BCUT2D eigenvalue weighted by molar-refractivity contribution is 0.636. The van der Waals surface area contributed by atoms with Gasteiger partial charge >= 0.3 is 0 Å². The van der Waals surface area contributed by atoms with Gasteiger partial charge in [-0.3, -0.25) is 4.98 Å². The van der Waals surface area contributed by atoms with Gasteiger partial charge in [0.15, 0.2) is 0 Å². The molecule has 2 N–H and O–H groups in total. The van der Waals surface area contributed by atoms with Crippen molar-refractivity contribution in [2.24, 2.45) is 5.73 Å². The molecule has 0 unspecified atom stereocenters. The van der Waals surface area contributed by atoms with Gasteiger partial charge in [-0.2, -0.15) is 5.10 Å². The number of hydrogen-bond acceptors (Lipinski definition) is 4. The average Bonchev–Trinajstić information content (AvgIpc) is 2.87. The third kappa shape index (κ3) is 1.63. The van der Waals surface area contributed by atoms with E-state index in [4.69, 9.17) is 5.73 Å². The fourth-order valence-electron chi connectivity index (χ4n) is 1.87. The molecule has 0 atom stereocenters. The van der Waals surface area contributed by atoms with Crippen LogP contribution < -0.4 is 5.73 Å². The number of rotatable bonds is 2. The van der Waals surface area contributed by atoms with Crippen molar-refractivity contribution >= 4 is 10.9 Å². The molecule has 0 saturated heterocycles. The largest absolute Gasteiger partial charge is 0.324 e. The Morgan fingerprint density at radius 3 is 3.00 bits per heavy atom. The molecule has 3 rings (SSSR count). The van der Waals surface area contributed by atoms with Gasteiger partial charge in [0.1, 0.15) is 18.0 Å². The number of nitrogens with zero attached hydrogens (tertiary/aromatic N) is 4. The first-order chi connectivity index (χ1) is 8.79. The lowest BCUT2D eigenvalue weighted by atomic mass is 10.2. The molecule has 0 fully saturated rings. The van der Waals surface area contributed by atoms with E-state index in [-0.39, 0.29) is 12.4 Å². The quantitative estimate of drug-likeness (QED) is 0.738. The molecule has 0 saturated carbocycles. The zero-order valence-electron chi connectivity index (χ0n) is 9.42. The second kappa shape index (κ2) is 4.15. The summed E-state index contributed by atoms with van der Waals surface area (Å²) in [5.41, 5.74) is 6.69. The lowest BCUT2D eigenvalue weighted by Gasteiger charge is -2.06. The number of hydrogen-bond donors (Lipinski definition) is 1. The van der Waals surface area contributed by atoms with Crippen molar-refractivity contribution in [2.75, 3.05) is 0 Å². The normalized spacial score (nSPS) is 11.0. The van der Waals surface area contributed by atoms with Gasteiger partial charge < -0.3 is 5.73 Å². The summed E-state index contributed by atoms with van der Waals surface area (Å²) in [6.07, 6.45) is 3.01. The predicted octanol–water partition coefficient (Wildman–Crippen LogP) is 1.41. The van der Waals surface area contributed by atoms with Crippen molar-refractivity contribution in [3.63, 3.8) is 0 Å². The Kier molecular flexibility index (Phi) is 2.49. The summed E-state index contributed by atoms with van der Waals surface area (Å²) in [6, 6.07) is 6.54. The molecule has 2 aromatic heterocycles. The van der Waals surface area contributed by atoms with Crippen LogP contribution in [0.3, 0.4) is 0 Å². The van der Waals surface area contributed by atoms with Crippen LogP contribution in [0.1, 0.15) is 5.82 Å². The van der Waals surface area contributed by atoms with Crippen LogP contribution in [0, 0.1) is 5.82 Å². The number of nitrogens with two attached hydrogens (primary N) is 1. The molecule has 0 spiro atoms. The molecular formula is C12H10FN5. The van der Waals surface area contributed by atoms with Crippen LogP contribution in [0.25, 0.3) is 16.6 Å². The minimum atomic E-state index is -0.339. The smallest absolute Gasteiger partial charge is 0.145 e. The molecule has 2 heterocycles. The Balaban J connectivity index is 2.25. The van der Waals surface area contributed by atoms with Gasteiger partial charge in [0, 0.05) is 17.6 Å². The van der Waals surface area contributed by atoms with E-state index in [0.29, 0.717) is 22.4 Å². The van der Waals surface area contributed by atoms with E-state index < -0.39 is 0 Å². The summed E-state index contributed by atoms with van der Waals surface area (Å²) in [6.45, 7) is 0.238. The summed E-state index contributed by atoms with van der Waals surface area (Å²) in [7, 11) is 0. The van der Waals surface area contributed by atoms with Gasteiger partial charge in [-0.05, 0) is 18.2 Å². The molecule has 6 heteroatoms. The first-order valence-electron chi connectivity index (χ1n) is 5.43. The van der Waals surface area contributed by atoms with Crippen LogP contribution in [-0.4, -0.2) is 19.7 Å². The summed E-state index contributed by atoms with van der Waals surface area (Å²) in [4.78, 5) is 8.14. The molecule has 3 aromatic rings.